The van der Waals surface area contributed by atoms with E-state index in [-0.39, 0.29) is 25.4 Å². The van der Waals surface area contributed by atoms with Crippen molar-refractivity contribution in [1.29, 1.82) is 0 Å². The van der Waals surface area contributed by atoms with E-state index < -0.39 is 36.7 Å². The number of hydrogen-bond acceptors (Lipinski definition) is 9. The topological polar surface area (TPSA) is 123 Å². The van der Waals surface area contributed by atoms with Gasteiger partial charge in [0.05, 0.1) is 57.1 Å². The van der Waals surface area contributed by atoms with Crippen molar-refractivity contribution in [1.82, 2.24) is 15.0 Å². The molecule has 1 aliphatic heterocycles. The van der Waals surface area contributed by atoms with Crippen LogP contribution in [0.3, 0.4) is 0 Å². The van der Waals surface area contributed by atoms with Crippen LogP contribution in [0.1, 0.15) is 38.3 Å². The van der Waals surface area contributed by atoms with Gasteiger partial charge in [-0.1, -0.05) is 127 Å². The lowest BCUT2D eigenvalue weighted by Crippen LogP contribution is -2.61. The first-order chi connectivity index (χ1) is 27.1. The summed E-state index contributed by atoms with van der Waals surface area (Å²) in [6.45, 7) is 1.54. The first-order valence-corrected chi connectivity index (χ1v) is 18.2. The Balaban J connectivity index is 1.17. The number of ether oxygens (including phenoxy) is 6. The first-order valence-electron chi connectivity index (χ1n) is 18.2. The number of carbonyl (C=O) groups is 1. The van der Waals surface area contributed by atoms with Crippen molar-refractivity contribution in [3.63, 3.8) is 0 Å². The molecule has 0 amide bonds. The minimum atomic E-state index is -1.00. The maximum atomic E-state index is 11.3. The lowest BCUT2D eigenvalue weighted by atomic mass is 9.97. The van der Waals surface area contributed by atoms with Crippen LogP contribution in [-0.4, -0.2) is 63.4 Å². The van der Waals surface area contributed by atoms with Crippen molar-refractivity contribution in [2.45, 2.75) is 63.7 Å². The van der Waals surface area contributed by atoms with E-state index in [1.54, 1.807) is 23.0 Å². The molecule has 11 heteroatoms. The molecule has 6 aromatic rings. The van der Waals surface area contributed by atoms with E-state index in [2.05, 4.69) is 10.3 Å². The van der Waals surface area contributed by atoms with Gasteiger partial charge in [0.2, 0.25) is 0 Å². The molecular weight excluding hydrogens is 698 g/mol. The molecule has 5 atom stereocenters. The molecule has 0 unspecified atom stereocenters. The van der Waals surface area contributed by atoms with Crippen molar-refractivity contribution in [3.05, 3.63) is 185 Å². The summed E-state index contributed by atoms with van der Waals surface area (Å²) in [5.41, 5.74) is 5.40. The maximum Gasteiger partial charge on any atom is 0.335 e. The molecule has 7 rings (SSSR count). The van der Waals surface area contributed by atoms with Gasteiger partial charge in [-0.15, -0.1) is 5.10 Å². The number of aromatic carboxylic acids is 1. The van der Waals surface area contributed by atoms with Crippen molar-refractivity contribution in [3.8, 4) is 5.69 Å². The molecule has 2 heterocycles. The minimum Gasteiger partial charge on any atom is -0.478 e. The van der Waals surface area contributed by atoms with Gasteiger partial charge in [0.15, 0.2) is 6.29 Å². The van der Waals surface area contributed by atoms with Crippen LogP contribution < -0.4 is 0 Å². The molecule has 1 N–H and O–H groups in total. The lowest BCUT2D eigenvalue weighted by Gasteiger charge is -2.45. The Morgan fingerprint density at radius 1 is 0.582 bits per heavy atom. The predicted molar refractivity (Wildman–Crippen MR) is 203 cm³/mol. The molecule has 0 radical (unpaired) electrons. The van der Waals surface area contributed by atoms with E-state index in [0.29, 0.717) is 31.2 Å². The third-order valence-corrected chi connectivity index (χ3v) is 9.16. The molecule has 55 heavy (non-hydrogen) atoms. The summed E-state index contributed by atoms with van der Waals surface area (Å²) in [5.74, 6) is -1.00. The van der Waals surface area contributed by atoms with E-state index in [0.717, 1.165) is 22.3 Å². The number of aromatic nitrogens is 3. The summed E-state index contributed by atoms with van der Waals surface area (Å²) < 4.78 is 41.4. The summed E-state index contributed by atoms with van der Waals surface area (Å²) in [5, 5.41) is 17.9. The highest BCUT2D eigenvalue weighted by atomic mass is 16.7. The van der Waals surface area contributed by atoms with Gasteiger partial charge in [0.1, 0.15) is 30.1 Å². The fourth-order valence-electron chi connectivity index (χ4n) is 6.30. The molecule has 1 fully saturated rings. The van der Waals surface area contributed by atoms with Crippen LogP contribution in [0.25, 0.3) is 5.69 Å². The fraction of sp³-hybridized carbons (Fsp3) is 0.250. The second-order valence-electron chi connectivity index (χ2n) is 13.1. The van der Waals surface area contributed by atoms with Crippen LogP contribution >= 0.6 is 0 Å². The zero-order chi connectivity index (χ0) is 37.7. The van der Waals surface area contributed by atoms with Crippen LogP contribution in [0.4, 0.5) is 0 Å². The smallest absolute Gasteiger partial charge is 0.335 e. The molecule has 5 aromatic carbocycles. The van der Waals surface area contributed by atoms with E-state index in [1.165, 1.54) is 12.1 Å². The van der Waals surface area contributed by atoms with Crippen LogP contribution in [0.5, 0.6) is 0 Å². The van der Waals surface area contributed by atoms with E-state index in [9.17, 15) is 9.90 Å². The van der Waals surface area contributed by atoms with Crippen LogP contribution in [-0.2, 0) is 61.5 Å². The van der Waals surface area contributed by atoms with Crippen molar-refractivity contribution in [2.24, 2.45) is 0 Å². The fourth-order valence-corrected chi connectivity index (χ4v) is 6.30. The summed E-state index contributed by atoms with van der Waals surface area (Å²) >= 11 is 0. The molecule has 0 saturated carbocycles. The molecule has 1 aromatic heterocycles. The highest BCUT2D eigenvalue weighted by Crippen LogP contribution is 2.32. The molecule has 11 nitrogen and oxygen atoms in total. The number of carboxylic acid groups (broad SMARTS) is 1. The van der Waals surface area contributed by atoms with Crippen molar-refractivity contribution in [2.75, 3.05) is 6.61 Å². The summed E-state index contributed by atoms with van der Waals surface area (Å²) in [7, 11) is 0. The van der Waals surface area contributed by atoms with Crippen molar-refractivity contribution < 1.29 is 38.3 Å². The lowest BCUT2D eigenvalue weighted by molar-refractivity contribution is -0.331. The molecule has 0 aliphatic carbocycles. The number of benzene rings is 5. The largest absolute Gasteiger partial charge is 0.478 e. The highest BCUT2D eigenvalue weighted by molar-refractivity contribution is 5.87. The Bertz CT molecular complexity index is 2030. The Morgan fingerprint density at radius 2 is 1.07 bits per heavy atom. The Labute approximate surface area is 320 Å². The van der Waals surface area contributed by atoms with Gasteiger partial charge in [-0.05, 0) is 46.5 Å². The molecular formula is C44H43N3O8. The number of hydrogen-bond donors (Lipinski definition) is 1. The Kier molecular flexibility index (Phi) is 13.2. The first kappa shape index (κ1) is 37.8. The number of nitrogens with zero attached hydrogens (tertiary/aromatic N) is 3. The molecule has 1 aliphatic rings. The standard InChI is InChI=1S/C44H43N3O8/c48-43(49)36-21-23-38(24-22-36)47-25-37(45-46-47)30-54-44-42(53-29-35-19-11-4-12-20-35)41(52-28-34-17-9-3-10-18-34)40(51-27-33-15-7-2-8-16-33)39(55-44)31-50-26-32-13-5-1-6-14-32/h1-25,39-42,44H,26-31H2,(H,48,49)/t39-,40-,41+,42-,44+/m1/s1. The molecule has 282 valence electrons. The van der Waals surface area contributed by atoms with Crippen LogP contribution in [0, 0.1) is 0 Å². The SMILES string of the molecule is O=C(O)c1ccc(-n2cc(CO[C@H]3O[C@H](COCc4ccccc4)[C@@H](OCc4ccccc4)[C@H](OCc4ccccc4)[C@H]3OCc3ccccc3)nn2)cc1. The molecule has 0 bridgehead atoms. The van der Waals surface area contributed by atoms with Crippen LogP contribution in [0.15, 0.2) is 152 Å². The van der Waals surface area contributed by atoms with Gasteiger partial charge in [-0.2, -0.15) is 0 Å². The average Bonchev–Trinajstić information content (AvgIpc) is 3.72. The van der Waals surface area contributed by atoms with Crippen molar-refractivity contribution >= 4 is 5.97 Å². The summed E-state index contributed by atoms with van der Waals surface area (Å²) in [4.78, 5) is 11.3. The van der Waals surface area contributed by atoms with Gasteiger partial charge in [0, 0.05) is 0 Å². The van der Waals surface area contributed by atoms with Gasteiger partial charge in [0.25, 0.3) is 0 Å². The normalized spacial score (nSPS) is 19.6. The Hall–Kier alpha value is -5.53. The second-order valence-corrected chi connectivity index (χ2v) is 13.1. The third-order valence-electron chi connectivity index (χ3n) is 9.16. The van der Waals surface area contributed by atoms with Gasteiger partial charge in [-0.3, -0.25) is 0 Å². The highest BCUT2D eigenvalue weighted by Gasteiger charge is 2.49. The van der Waals surface area contributed by atoms with E-state index >= 15 is 0 Å². The van der Waals surface area contributed by atoms with Gasteiger partial charge >= 0.3 is 5.97 Å². The Morgan fingerprint density at radius 3 is 1.60 bits per heavy atom. The third kappa shape index (κ3) is 10.6. The maximum absolute atomic E-state index is 11.3. The zero-order valence-corrected chi connectivity index (χ0v) is 30.2. The summed E-state index contributed by atoms with van der Waals surface area (Å²) in [6.07, 6.45) is -1.75. The van der Waals surface area contributed by atoms with Crippen LogP contribution in [0.2, 0.25) is 0 Å². The molecule has 0 spiro atoms. The number of carboxylic acids is 1. The monoisotopic (exact) mass is 741 g/mol. The van der Waals surface area contributed by atoms with E-state index in [4.69, 9.17) is 28.4 Å². The summed E-state index contributed by atoms with van der Waals surface area (Å²) in [6, 6.07) is 46.2. The second kappa shape index (κ2) is 19.2. The molecule has 1 saturated heterocycles. The quantitative estimate of drug-likeness (QED) is 0.0970. The average molecular weight is 742 g/mol. The number of rotatable bonds is 18. The van der Waals surface area contributed by atoms with Gasteiger partial charge < -0.3 is 33.5 Å². The minimum absolute atomic E-state index is 0.0433. The zero-order valence-electron chi connectivity index (χ0n) is 30.2. The van der Waals surface area contributed by atoms with Gasteiger partial charge in [-0.25, -0.2) is 9.48 Å². The predicted octanol–water partition coefficient (Wildman–Crippen LogP) is 7.18. The van der Waals surface area contributed by atoms with E-state index in [1.807, 2.05) is 121 Å².